The van der Waals surface area contributed by atoms with Gasteiger partial charge < -0.3 is 109 Å². The minimum atomic E-state index is -5.09. The Labute approximate surface area is 395 Å². The van der Waals surface area contributed by atoms with E-state index in [0.717, 1.165) is 6.08 Å². The van der Waals surface area contributed by atoms with E-state index in [2.05, 4.69) is 4.18 Å². The first-order chi connectivity index (χ1) is 32.6. The fourth-order valence-corrected chi connectivity index (χ4v) is 9.61. The zero-order valence-electron chi connectivity index (χ0n) is 37.4. The van der Waals surface area contributed by atoms with Crippen LogP contribution in [-0.2, 0) is 66.8 Å². The van der Waals surface area contributed by atoms with Crippen molar-refractivity contribution in [3.05, 3.63) is 11.8 Å². The summed E-state index contributed by atoms with van der Waals surface area (Å²) in [4.78, 5) is 23.7. The van der Waals surface area contributed by atoms with Gasteiger partial charge in [0, 0.05) is 31.0 Å². The maximum absolute atomic E-state index is 12.4. The quantitative estimate of drug-likeness (QED) is 0.0316. The highest BCUT2D eigenvalue weighted by Gasteiger charge is 2.50. The van der Waals surface area contributed by atoms with Crippen molar-refractivity contribution in [1.82, 2.24) is 0 Å². The zero-order chi connectivity index (χ0) is 50.9. The van der Waals surface area contributed by atoms with E-state index in [4.69, 9.17) is 47.2 Å². The molecule has 15 unspecified atom stereocenters. The Balaban J connectivity index is 1.11. The number of hydrogen-bond donors (Lipinski definition) is 14. The van der Waals surface area contributed by atoms with Crippen LogP contribution in [0.25, 0.3) is 0 Å². The lowest BCUT2D eigenvalue weighted by molar-refractivity contribution is -0.268. The maximum atomic E-state index is 12.4. The Morgan fingerprint density at radius 2 is 1.22 bits per heavy atom. The third-order valence-corrected chi connectivity index (χ3v) is 13.5. The summed E-state index contributed by atoms with van der Waals surface area (Å²) in [6.45, 7) is -2.42. The SMILES string of the molecule is CC1O[C@@H](COCC2C(CCOC[C@@H]3OC(C(=O)O)[C@@H](COC[C@H]4OC(CO)[C@@H](O)CC4CCOCC4OC(C(=O)O)=CC(O)C4O)C(O)C3O)C(O)OC(CO)[C@H]2O)C(O)C(OS(=O)(=O)O)[C@@H]1O. The smallest absolute Gasteiger partial charge is 0.397 e. The van der Waals surface area contributed by atoms with E-state index in [9.17, 15) is 84.4 Å². The van der Waals surface area contributed by atoms with Crippen LogP contribution in [0.15, 0.2) is 11.8 Å². The number of carboxylic acids is 2. The predicted octanol–water partition coefficient (Wildman–Crippen LogP) is -6.76. The van der Waals surface area contributed by atoms with Gasteiger partial charge in [-0.1, -0.05) is 0 Å². The van der Waals surface area contributed by atoms with Crippen molar-refractivity contribution < 1.29 is 136 Å². The largest absolute Gasteiger partial charge is 0.479 e. The maximum Gasteiger partial charge on any atom is 0.397 e. The van der Waals surface area contributed by atoms with E-state index in [1.165, 1.54) is 6.92 Å². The number of aliphatic hydroxyl groups excluding tert-OH is 11. The van der Waals surface area contributed by atoms with Crippen LogP contribution in [-0.4, -0.2) is 267 Å². The Morgan fingerprint density at radius 3 is 1.84 bits per heavy atom. The van der Waals surface area contributed by atoms with Crippen molar-refractivity contribution in [3.63, 3.8) is 0 Å². The van der Waals surface area contributed by atoms with E-state index >= 15 is 0 Å². The lowest BCUT2D eigenvalue weighted by atomic mass is 9.81. The van der Waals surface area contributed by atoms with Gasteiger partial charge in [0.1, 0.15) is 61.0 Å². The van der Waals surface area contributed by atoms with Crippen molar-refractivity contribution in [2.24, 2.45) is 23.7 Å². The molecule has 5 heterocycles. The summed E-state index contributed by atoms with van der Waals surface area (Å²) in [5.41, 5.74) is 0. The van der Waals surface area contributed by atoms with Crippen LogP contribution in [0.3, 0.4) is 0 Å². The normalized spacial score (nSPS) is 42.1. The highest BCUT2D eigenvalue weighted by molar-refractivity contribution is 7.80. The van der Waals surface area contributed by atoms with Crippen LogP contribution in [0.5, 0.6) is 0 Å². The number of rotatable bonds is 24. The van der Waals surface area contributed by atoms with Crippen LogP contribution in [0.4, 0.5) is 0 Å². The Morgan fingerprint density at radius 1 is 0.623 bits per heavy atom. The van der Waals surface area contributed by atoms with Crippen molar-refractivity contribution in [2.75, 3.05) is 66.1 Å². The summed E-state index contributed by atoms with van der Waals surface area (Å²) in [5, 5.41) is 135. The number of hydrogen-bond acceptors (Lipinski definition) is 25. The summed E-state index contributed by atoms with van der Waals surface area (Å²) < 4.78 is 86.6. The molecule has 69 heavy (non-hydrogen) atoms. The monoisotopic (exact) mass is 1030 g/mol. The second kappa shape index (κ2) is 26.0. The van der Waals surface area contributed by atoms with Crippen molar-refractivity contribution in [2.45, 2.75) is 136 Å². The molecule has 0 aliphatic carbocycles. The second-order valence-corrected chi connectivity index (χ2v) is 18.8. The Hall–Kier alpha value is -2.41. The number of carboxylic acid groups (broad SMARTS) is 2. The molecule has 28 nitrogen and oxygen atoms in total. The third-order valence-electron chi connectivity index (χ3n) is 13.1. The van der Waals surface area contributed by atoms with Crippen LogP contribution in [0.1, 0.15) is 26.2 Å². The molecule has 4 saturated heterocycles. The fourth-order valence-electron chi connectivity index (χ4n) is 9.11. The molecular weight excluding hydrogens is 960 g/mol. The Kier molecular flexibility index (Phi) is 21.7. The molecule has 0 amide bonds. The van der Waals surface area contributed by atoms with E-state index in [0.29, 0.717) is 0 Å². The first kappa shape index (κ1) is 57.5. The number of ether oxygens (including phenoxy) is 9. The lowest BCUT2D eigenvalue weighted by Gasteiger charge is -2.43. The van der Waals surface area contributed by atoms with Crippen molar-refractivity contribution in [1.29, 1.82) is 0 Å². The molecule has 5 rings (SSSR count). The van der Waals surface area contributed by atoms with E-state index in [-0.39, 0.29) is 52.3 Å². The molecule has 0 aromatic rings. The molecule has 29 heteroatoms. The summed E-state index contributed by atoms with van der Waals surface area (Å²) >= 11 is 0. The molecule has 400 valence electrons. The first-order valence-corrected chi connectivity index (χ1v) is 23.7. The molecule has 0 bridgehead atoms. The van der Waals surface area contributed by atoms with Gasteiger partial charge in [0.15, 0.2) is 18.5 Å². The third kappa shape index (κ3) is 15.1. The average molecular weight is 1030 g/mol. The number of carbonyl (C=O) groups is 2. The highest BCUT2D eigenvalue weighted by atomic mass is 32.3. The van der Waals surface area contributed by atoms with Gasteiger partial charge in [-0.3, -0.25) is 4.55 Å². The lowest BCUT2D eigenvalue weighted by Crippen LogP contribution is -2.59. The van der Waals surface area contributed by atoms with E-state index in [1.807, 2.05) is 0 Å². The van der Waals surface area contributed by atoms with Crippen molar-refractivity contribution in [3.8, 4) is 0 Å². The van der Waals surface area contributed by atoms with Crippen LogP contribution in [0.2, 0.25) is 0 Å². The number of aliphatic carboxylic acids is 2. The van der Waals surface area contributed by atoms with Gasteiger partial charge in [-0.2, -0.15) is 8.42 Å². The van der Waals surface area contributed by atoms with Gasteiger partial charge in [0.25, 0.3) is 0 Å². The zero-order valence-corrected chi connectivity index (χ0v) is 38.2. The predicted molar refractivity (Wildman–Crippen MR) is 220 cm³/mol. The molecular formula is C40H66O28S. The van der Waals surface area contributed by atoms with Gasteiger partial charge >= 0.3 is 22.3 Å². The van der Waals surface area contributed by atoms with E-state index < -0.39 is 195 Å². The van der Waals surface area contributed by atoms with Gasteiger partial charge in [0.2, 0.25) is 5.76 Å². The first-order valence-electron chi connectivity index (χ1n) is 22.3. The van der Waals surface area contributed by atoms with Gasteiger partial charge in [-0.25, -0.2) is 13.8 Å². The second-order valence-electron chi connectivity index (χ2n) is 17.7. The van der Waals surface area contributed by atoms with Crippen molar-refractivity contribution >= 4 is 22.3 Å². The molecule has 5 aliphatic heterocycles. The molecule has 0 spiro atoms. The summed E-state index contributed by atoms with van der Waals surface area (Å²) in [5.74, 6) is -7.24. The summed E-state index contributed by atoms with van der Waals surface area (Å²) in [6, 6.07) is 0. The van der Waals surface area contributed by atoms with Gasteiger partial charge in [-0.05, 0) is 38.2 Å². The summed E-state index contributed by atoms with van der Waals surface area (Å²) in [7, 11) is -5.09. The minimum absolute atomic E-state index is 0.0188. The van der Waals surface area contributed by atoms with Crippen LogP contribution < -0.4 is 0 Å². The Bertz CT molecular complexity index is 1760. The fraction of sp³-hybridized carbons (Fsp3) is 0.900. The number of aliphatic hydroxyl groups is 11. The van der Waals surface area contributed by atoms with E-state index in [1.54, 1.807) is 0 Å². The molecule has 5 aliphatic rings. The van der Waals surface area contributed by atoms with Gasteiger partial charge in [0.05, 0.1) is 83.4 Å². The van der Waals surface area contributed by atoms with Gasteiger partial charge in [-0.15, -0.1) is 0 Å². The molecule has 22 atom stereocenters. The highest BCUT2D eigenvalue weighted by Crippen LogP contribution is 2.35. The average Bonchev–Trinajstić information content (AvgIpc) is 3.29. The topological polar surface area (TPSA) is 444 Å². The molecule has 0 aromatic heterocycles. The van der Waals surface area contributed by atoms with Crippen LogP contribution >= 0.6 is 0 Å². The molecule has 4 fully saturated rings. The standard InChI is InChI=1S/C40H66O28S/c1-16-30(45)37(68-69(56,57)58)35(50)29(63-16)15-61-10-19-18(40(55)67-25(9-42)31(19)46)3-5-60-14-28-34(49)32(47)20(36(66-28)39(53)54)11-62-12-26-17(6-21(43)24(8-41)65-26)2-4-59-13-27-33(48)22(44)7-23(64-27)38(51)52/h7,16-22,24-37,40-50,55H,2-6,8-15H2,1H3,(H,51,52)(H,53,54)(H,56,57,58)/t16?,17?,18?,19?,20-,21-,22?,24?,25?,26+,27?,28-,29-,30+,31-,32?,33?,34?,35?,36?,37?,40?/m0/s1. The molecule has 0 radical (unpaired) electrons. The molecule has 0 saturated carbocycles. The molecule has 14 N–H and O–H groups in total. The minimum Gasteiger partial charge on any atom is -0.479 e. The van der Waals surface area contributed by atoms with Crippen LogP contribution in [0, 0.1) is 23.7 Å². The molecule has 0 aromatic carbocycles. The summed E-state index contributed by atoms with van der Waals surface area (Å²) in [6.07, 6.45) is -24.4.